The summed E-state index contributed by atoms with van der Waals surface area (Å²) >= 11 is 0. The van der Waals surface area contributed by atoms with Gasteiger partial charge in [0.25, 0.3) is 0 Å². The Balaban J connectivity index is 0.00000312. The molecule has 0 saturated carbocycles. The minimum Gasteiger partial charge on any atom is -0.384 e. The molecule has 150 valence electrons. The van der Waals surface area contributed by atoms with Crippen LogP contribution in [-0.2, 0) is 16.1 Å². The van der Waals surface area contributed by atoms with Gasteiger partial charge in [0.2, 0.25) is 5.91 Å². The number of nitrogens with one attached hydrogen (secondary N) is 2. The lowest BCUT2D eigenvalue weighted by molar-refractivity contribution is -0.126. The van der Waals surface area contributed by atoms with Gasteiger partial charge in [-0.25, -0.2) is 0 Å². The Morgan fingerprint density at radius 3 is 2.46 bits per heavy atom. The highest BCUT2D eigenvalue weighted by atomic mass is 35.5. The van der Waals surface area contributed by atoms with Crippen LogP contribution in [0.25, 0.3) is 0 Å². The average molecular weight is 406 g/mol. The second-order valence-corrected chi connectivity index (χ2v) is 6.98. The predicted octanol–water partition coefficient (Wildman–Crippen LogP) is 2.48. The fraction of sp³-hybridized carbons (Fsp3) is 0.632. The molecule has 2 rings (SSSR count). The van der Waals surface area contributed by atoms with Crippen LogP contribution in [0.1, 0.15) is 25.3 Å². The number of nitrogens with zero attached hydrogens (tertiary/aromatic N) is 1. The van der Waals surface area contributed by atoms with Crippen molar-refractivity contribution in [3.63, 3.8) is 0 Å². The maximum Gasteiger partial charge on any atom is 0.237 e. The fourth-order valence-electron chi connectivity index (χ4n) is 3.27. The molecule has 1 aliphatic rings. The second kappa shape index (κ2) is 12.5. The summed E-state index contributed by atoms with van der Waals surface area (Å²) in [6.45, 7) is 6.09. The first-order valence-electron chi connectivity index (χ1n) is 8.78. The van der Waals surface area contributed by atoms with Crippen LogP contribution in [0.5, 0.6) is 0 Å². The maximum absolute atomic E-state index is 12.6. The van der Waals surface area contributed by atoms with Gasteiger partial charge in [0, 0.05) is 25.6 Å². The molecular formula is C19H33Cl2N3O2. The average Bonchev–Trinajstić information content (AvgIpc) is 2.61. The van der Waals surface area contributed by atoms with E-state index in [0.29, 0.717) is 13.2 Å². The van der Waals surface area contributed by atoms with Crippen molar-refractivity contribution in [2.75, 3.05) is 40.4 Å². The van der Waals surface area contributed by atoms with E-state index in [2.05, 4.69) is 27.7 Å². The van der Waals surface area contributed by atoms with E-state index in [-0.39, 0.29) is 42.2 Å². The van der Waals surface area contributed by atoms with E-state index < -0.39 is 0 Å². The Labute approximate surface area is 170 Å². The van der Waals surface area contributed by atoms with Crippen LogP contribution < -0.4 is 10.6 Å². The Morgan fingerprint density at radius 2 is 1.88 bits per heavy atom. The third-order valence-electron chi connectivity index (χ3n) is 5.07. The van der Waals surface area contributed by atoms with E-state index >= 15 is 0 Å². The lowest BCUT2D eigenvalue weighted by Gasteiger charge is -2.37. The molecule has 1 saturated heterocycles. The minimum absolute atomic E-state index is 0. The van der Waals surface area contributed by atoms with Gasteiger partial charge in [-0.3, -0.25) is 9.69 Å². The van der Waals surface area contributed by atoms with Gasteiger partial charge in [-0.2, -0.15) is 0 Å². The zero-order valence-corrected chi connectivity index (χ0v) is 17.6. The van der Waals surface area contributed by atoms with Crippen LogP contribution in [0.15, 0.2) is 30.3 Å². The molecule has 2 N–H and O–H groups in total. The SMILES string of the molecule is COCC1(CNC(=O)C(C)N(C)Cc2ccccc2)CCNCC1.Cl.Cl. The highest BCUT2D eigenvalue weighted by Crippen LogP contribution is 2.28. The van der Waals surface area contributed by atoms with Crippen LogP contribution in [-0.4, -0.2) is 57.2 Å². The summed E-state index contributed by atoms with van der Waals surface area (Å²) in [5, 5.41) is 6.53. The van der Waals surface area contributed by atoms with Crippen LogP contribution in [0, 0.1) is 5.41 Å². The zero-order chi connectivity index (χ0) is 17.4. The highest BCUT2D eigenvalue weighted by molar-refractivity contribution is 5.85. The summed E-state index contributed by atoms with van der Waals surface area (Å²) < 4.78 is 5.41. The molecular weight excluding hydrogens is 373 g/mol. The van der Waals surface area contributed by atoms with E-state index in [1.165, 1.54) is 5.56 Å². The van der Waals surface area contributed by atoms with Gasteiger partial charge >= 0.3 is 0 Å². The van der Waals surface area contributed by atoms with Crippen molar-refractivity contribution in [2.24, 2.45) is 5.41 Å². The summed E-state index contributed by atoms with van der Waals surface area (Å²) in [4.78, 5) is 14.6. The molecule has 1 heterocycles. The molecule has 5 nitrogen and oxygen atoms in total. The van der Waals surface area contributed by atoms with E-state index in [1.54, 1.807) is 7.11 Å². The fourth-order valence-corrected chi connectivity index (χ4v) is 3.27. The zero-order valence-electron chi connectivity index (χ0n) is 16.0. The van der Waals surface area contributed by atoms with E-state index in [4.69, 9.17) is 4.74 Å². The van der Waals surface area contributed by atoms with Crippen LogP contribution in [0.3, 0.4) is 0 Å². The Kier molecular flexibility index (Phi) is 12.1. The van der Waals surface area contributed by atoms with Gasteiger partial charge in [-0.1, -0.05) is 30.3 Å². The monoisotopic (exact) mass is 405 g/mol. The Morgan fingerprint density at radius 1 is 1.27 bits per heavy atom. The van der Waals surface area contributed by atoms with Crippen molar-refractivity contribution >= 4 is 30.7 Å². The van der Waals surface area contributed by atoms with Crippen LogP contribution in [0.4, 0.5) is 0 Å². The van der Waals surface area contributed by atoms with Gasteiger partial charge < -0.3 is 15.4 Å². The molecule has 26 heavy (non-hydrogen) atoms. The molecule has 0 radical (unpaired) electrons. The number of ether oxygens (including phenoxy) is 1. The van der Waals surface area contributed by atoms with Crippen LogP contribution >= 0.6 is 24.8 Å². The quantitative estimate of drug-likeness (QED) is 0.697. The normalized spacial score (nSPS) is 16.9. The van der Waals surface area contributed by atoms with Crippen molar-refractivity contribution in [2.45, 2.75) is 32.4 Å². The van der Waals surface area contributed by atoms with Crippen molar-refractivity contribution in [3.05, 3.63) is 35.9 Å². The molecule has 1 aromatic rings. The molecule has 1 atom stereocenters. The number of methoxy groups -OCH3 is 1. The van der Waals surface area contributed by atoms with Crippen molar-refractivity contribution in [3.8, 4) is 0 Å². The molecule has 0 aromatic heterocycles. The number of halogens is 2. The topological polar surface area (TPSA) is 53.6 Å². The van der Waals surface area contributed by atoms with Crippen molar-refractivity contribution in [1.29, 1.82) is 0 Å². The van der Waals surface area contributed by atoms with Gasteiger partial charge in [-0.15, -0.1) is 24.8 Å². The number of benzene rings is 1. The number of amides is 1. The summed E-state index contributed by atoms with van der Waals surface area (Å²) in [6.07, 6.45) is 2.07. The van der Waals surface area contributed by atoms with Gasteiger partial charge in [0.1, 0.15) is 0 Å². The van der Waals surface area contributed by atoms with E-state index in [0.717, 1.165) is 32.5 Å². The highest BCUT2D eigenvalue weighted by Gasteiger charge is 2.33. The predicted molar refractivity (Wildman–Crippen MR) is 111 cm³/mol. The number of carbonyl (C=O) groups is 1. The Hall–Kier alpha value is -0.850. The van der Waals surface area contributed by atoms with Gasteiger partial charge in [0.15, 0.2) is 0 Å². The van der Waals surface area contributed by atoms with Crippen LogP contribution in [0.2, 0.25) is 0 Å². The number of rotatable bonds is 8. The van der Waals surface area contributed by atoms with Crippen molar-refractivity contribution < 1.29 is 9.53 Å². The summed E-state index contributed by atoms with van der Waals surface area (Å²) in [5.74, 6) is 0.0856. The molecule has 1 aromatic carbocycles. The molecule has 0 bridgehead atoms. The van der Waals surface area contributed by atoms with E-state index in [1.807, 2.05) is 32.2 Å². The number of hydrogen-bond donors (Lipinski definition) is 2. The number of hydrogen-bond acceptors (Lipinski definition) is 4. The van der Waals surface area contributed by atoms with E-state index in [9.17, 15) is 4.79 Å². The molecule has 0 spiro atoms. The molecule has 1 aliphatic heterocycles. The summed E-state index contributed by atoms with van der Waals surface area (Å²) in [6, 6.07) is 10.1. The standard InChI is InChI=1S/C19H31N3O2.2ClH/c1-16(22(2)13-17-7-5-4-6-8-17)18(23)21-14-19(15-24-3)9-11-20-12-10-19;;/h4-8,16,20H,9-15H2,1-3H3,(H,21,23);2*1H. The maximum atomic E-state index is 12.6. The lowest BCUT2D eigenvalue weighted by atomic mass is 9.79. The Bertz CT molecular complexity index is 505. The first kappa shape index (κ1) is 25.1. The number of likely N-dealkylation sites (N-methyl/N-ethyl adjacent to an activating group) is 1. The molecule has 1 unspecified atom stereocenters. The first-order valence-corrected chi connectivity index (χ1v) is 8.78. The molecule has 1 amide bonds. The third kappa shape index (κ3) is 7.41. The van der Waals surface area contributed by atoms with Gasteiger partial charge in [0.05, 0.1) is 12.6 Å². The molecule has 1 fully saturated rings. The molecule has 7 heteroatoms. The van der Waals surface area contributed by atoms with Crippen molar-refractivity contribution in [1.82, 2.24) is 15.5 Å². The first-order chi connectivity index (χ1) is 11.6. The third-order valence-corrected chi connectivity index (χ3v) is 5.07. The summed E-state index contributed by atoms with van der Waals surface area (Å²) in [5.41, 5.74) is 1.28. The molecule has 0 aliphatic carbocycles. The summed E-state index contributed by atoms with van der Waals surface area (Å²) in [7, 11) is 3.73. The number of piperidine rings is 1. The largest absolute Gasteiger partial charge is 0.384 e. The minimum atomic E-state index is -0.161. The smallest absolute Gasteiger partial charge is 0.237 e. The number of carbonyl (C=O) groups excluding carboxylic acids is 1. The lowest BCUT2D eigenvalue weighted by Crippen LogP contribution is -2.50. The van der Waals surface area contributed by atoms with Gasteiger partial charge in [-0.05, 0) is 45.5 Å². The second-order valence-electron chi connectivity index (χ2n) is 6.98.